The first-order valence-electron chi connectivity index (χ1n) is 15.8. The standard InChI is InChI=1S/C30H40N7O12PS/c1-5-6-9-43-10-11-44-30(40)45-17-51-50(41,49-24-20(13-38)48-28(25(24)42-4)36-8-7-19(3)35-29(36)39)46-14-21-18(2)12-22(47-21)37-16-34-23-26(31)32-15-33-27(23)37/h7-8,15-16,22,25,28,38H,3,5-6,9-14,17H2,1-2,4H3,(H,35,39)(H2,31,32,33)/t22-,25?,28-,50?/m1/s1. The van der Waals surface area contributed by atoms with Crippen LogP contribution in [0.25, 0.3) is 11.2 Å². The molecule has 0 radical (unpaired) electrons. The summed E-state index contributed by atoms with van der Waals surface area (Å²) in [5, 5.41) is 12.7. The van der Waals surface area contributed by atoms with Gasteiger partial charge in [-0.05, 0) is 25.0 Å². The number of aliphatic hydroxyl groups is 1. The smallest absolute Gasteiger partial charge is 0.472 e. The molecule has 5 rings (SSSR count). The third kappa shape index (κ3) is 9.13. The Labute approximate surface area is 297 Å². The van der Waals surface area contributed by atoms with E-state index in [0.29, 0.717) is 47.0 Å². The summed E-state index contributed by atoms with van der Waals surface area (Å²) in [7, 11) is 1.32. The molecule has 0 aliphatic carbocycles. The van der Waals surface area contributed by atoms with Gasteiger partial charge < -0.3 is 49.1 Å². The number of imidazole rings is 1. The largest absolute Gasteiger partial charge is 0.509 e. The number of amides is 2. The van der Waals surface area contributed by atoms with Crippen LogP contribution in [0.15, 0.2) is 60.1 Å². The fraction of sp³-hybridized carbons (Fsp3) is 0.500. The number of ether oxygens (including phenoxy) is 6. The normalized spacial score (nSPS) is 21.5. The van der Waals surface area contributed by atoms with E-state index in [0.717, 1.165) is 23.3 Å². The van der Waals surface area contributed by atoms with Gasteiger partial charge in [-0.2, -0.15) is 0 Å². The zero-order chi connectivity index (χ0) is 36.5. The Morgan fingerprint density at radius 1 is 1.22 bits per heavy atom. The van der Waals surface area contributed by atoms with Gasteiger partial charge in [-0.25, -0.2) is 29.1 Å². The number of nitrogens with zero attached hydrogens (tertiary/aromatic N) is 5. The molecule has 0 saturated heterocycles. The van der Waals surface area contributed by atoms with Crippen LogP contribution >= 0.6 is 18.2 Å². The molecule has 4 atom stereocenters. The van der Waals surface area contributed by atoms with E-state index in [4.69, 9.17) is 43.2 Å². The number of nitrogens with two attached hydrogens (primary N) is 1. The monoisotopic (exact) mass is 753 g/mol. The van der Waals surface area contributed by atoms with Crippen LogP contribution in [-0.4, -0.2) is 100 Å². The Bertz CT molecular complexity index is 1750. The number of aliphatic hydroxyl groups excluding tert-OH is 1. The lowest BCUT2D eigenvalue weighted by Gasteiger charge is -2.31. The summed E-state index contributed by atoms with van der Waals surface area (Å²) >= 11 is 0.526. The van der Waals surface area contributed by atoms with E-state index < -0.39 is 50.1 Å². The Hall–Kier alpha value is -4.33. The lowest BCUT2D eigenvalue weighted by atomic mass is 10.2. The molecule has 51 heavy (non-hydrogen) atoms. The number of unbranched alkanes of at least 4 members (excludes halogenated alkanes) is 1. The number of aromatic nitrogens is 4. The zero-order valence-corrected chi connectivity index (χ0v) is 29.9. The topological polar surface area (TPSA) is 230 Å². The summed E-state index contributed by atoms with van der Waals surface area (Å²) in [6, 6.07) is -0.584. The van der Waals surface area contributed by atoms with Crippen molar-refractivity contribution in [3.05, 3.63) is 60.1 Å². The van der Waals surface area contributed by atoms with Crippen LogP contribution in [0, 0.1) is 0 Å². The van der Waals surface area contributed by atoms with Crippen LogP contribution in [0.2, 0.25) is 0 Å². The molecule has 2 aromatic rings. The molecular weight excluding hydrogens is 713 g/mol. The molecule has 0 saturated carbocycles. The van der Waals surface area contributed by atoms with Gasteiger partial charge in [-0.15, -0.1) is 0 Å². The van der Waals surface area contributed by atoms with E-state index in [9.17, 15) is 19.3 Å². The molecule has 3 aliphatic rings. The lowest BCUT2D eigenvalue weighted by Crippen LogP contribution is -2.49. The minimum atomic E-state index is -4.36. The first-order valence-corrected chi connectivity index (χ1v) is 18.9. The number of fused-ring (bicyclic) bond motifs is 1. The number of hydrogen-bond donors (Lipinski definition) is 3. The van der Waals surface area contributed by atoms with Crippen molar-refractivity contribution in [2.24, 2.45) is 0 Å². The summed E-state index contributed by atoms with van der Waals surface area (Å²) in [5.41, 5.74) is 7.95. The number of methoxy groups -OCH3 is 1. The number of rotatable bonds is 18. The molecule has 2 amide bonds. The average molecular weight is 754 g/mol. The first-order chi connectivity index (χ1) is 24.6. The summed E-state index contributed by atoms with van der Waals surface area (Å²) in [6.07, 6.45) is 4.16. The number of nitrogens with one attached hydrogen (secondary N) is 1. The maximum atomic E-state index is 14.4. The average Bonchev–Trinajstić information content (AvgIpc) is 3.80. The molecule has 3 aliphatic heterocycles. The van der Waals surface area contributed by atoms with Gasteiger partial charge >= 0.3 is 19.0 Å². The highest BCUT2D eigenvalue weighted by atomic mass is 32.7. The fourth-order valence-corrected chi connectivity index (χ4v) is 7.52. The number of urea groups is 1. The number of nitrogen functional groups attached to an aromatic ring is 1. The zero-order valence-electron chi connectivity index (χ0n) is 28.2. The molecule has 0 bridgehead atoms. The Kier molecular flexibility index (Phi) is 12.8. The van der Waals surface area contributed by atoms with Crippen LogP contribution in [0.1, 0.15) is 39.3 Å². The molecule has 0 aromatic carbocycles. The number of carbonyl (C=O) groups is 2. The van der Waals surface area contributed by atoms with E-state index in [1.165, 1.54) is 32.0 Å². The van der Waals surface area contributed by atoms with Crippen LogP contribution in [-0.2, 0) is 42.0 Å². The predicted molar refractivity (Wildman–Crippen MR) is 181 cm³/mol. The van der Waals surface area contributed by atoms with Gasteiger partial charge in [0.05, 0.1) is 6.61 Å². The van der Waals surface area contributed by atoms with Crippen molar-refractivity contribution in [3.8, 4) is 0 Å². The quantitative estimate of drug-likeness (QED) is 0.0844. The SMILES string of the molecule is C=C1C=CN([C@@H]2OC(CO)=C(OP(=O)(OCC3=C(C)C[C@H](n4cnc5c(N)ncnc54)O3)SCOC(=O)OCCOCCCC)C2OC)C(=O)N1. The van der Waals surface area contributed by atoms with Crippen molar-refractivity contribution in [1.82, 2.24) is 29.7 Å². The minimum absolute atomic E-state index is 0.0402. The second kappa shape index (κ2) is 17.3. The molecule has 21 heteroatoms. The van der Waals surface area contributed by atoms with E-state index in [1.54, 1.807) is 4.57 Å². The third-order valence-corrected chi connectivity index (χ3v) is 10.8. The van der Waals surface area contributed by atoms with Crippen LogP contribution < -0.4 is 11.1 Å². The lowest BCUT2D eigenvalue weighted by molar-refractivity contribution is -0.0491. The van der Waals surface area contributed by atoms with E-state index in [1.807, 2.05) is 13.8 Å². The van der Waals surface area contributed by atoms with Crippen molar-refractivity contribution < 1.29 is 56.7 Å². The molecule has 2 unspecified atom stereocenters. The number of hydrogen-bond acceptors (Lipinski definition) is 17. The van der Waals surface area contributed by atoms with Gasteiger partial charge in [-0.3, -0.25) is 14.0 Å². The molecule has 0 spiro atoms. The van der Waals surface area contributed by atoms with Gasteiger partial charge in [0, 0.05) is 43.4 Å². The molecule has 4 N–H and O–H groups in total. The summed E-state index contributed by atoms with van der Waals surface area (Å²) < 4.78 is 61.0. The summed E-state index contributed by atoms with van der Waals surface area (Å²) in [5.74, 6) is -0.299. The second-order valence-corrected chi connectivity index (χ2v) is 15.1. The predicted octanol–water partition coefficient (Wildman–Crippen LogP) is 4.03. The highest BCUT2D eigenvalue weighted by Gasteiger charge is 2.47. The van der Waals surface area contributed by atoms with Crippen molar-refractivity contribution in [1.29, 1.82) is 0 Å². The van der Waals surface area contributed by atoms with Gasteiger partial charge in [0.1, 0.15) is 43.8 Å². The van der Waals surface area contributed by atoms with Gasteiger partial charge in [-0.1, -0.05) is 19.9 Å². The molecule has 5 heterocycles. The Morgan fingerprint density at radius 2 is 2.04 bits per heavy atom. The van der Waals surface area contributed by atoms with Crippen LogP contribution in [0.5, 0.6) is 0 Å². The molecule has 278 valence electrons. The van der Waals surface area contributed by atoms with Gasteiger partial charge in [0.15, 0.2) is 41.3 Å². The van der Waals surface area contributed by atoms with Crippen LogP contribution in [0.3, 0.4) is 0 Å². The van der Waals surface area contributed by atoms with Crippen molar-refractivity contribution >= 4 is 47.3 Å². The minimum Gasteiger partial charge on any atom is -0.472 e. The van der Waals surface area contributed by atoms with Crippen molar-refractivity contribution in [2.75, 3.05) is 51.8 Å². The van der Waals surface area contributed by atoms with E-state index in [-0.39, 0.29) is 37.2 Å². The molecular formula is C30H40N7O12PS. The fourth-order valence-electron chi connectivity index (χ4n) is 5.02. The third-order valence-electron chi connectivity index (χ3n) is 7.64. The summed E-state index contributed by atoms with van der Waals surface area (Å²) in [6.45, 7) is 2.84. The van der Waals surface area contributed by atoms with Crippen molar-refractivity contribution in [3.63, 3.8) is 0 Å². The number of anilines is 1. The molecule has 0 fully saturated rings. The molecule has 2 aromatic heterocycles. The van der Waals surface area contributed by atoms with E-state index >= 15 is 0 Å². The summed E-state index contributed by atoms with van der Waals surface area (Å²) in [4.78, 5) is 38.6. The number of carbonyl (C=O) groups excluding carboxylic acids is 2. The van der Waals surface area contributed by atoms with Gasteiger partial charge in [0.2, 0.25) is 6.23 Å². The highest BCUT2D eigenvalue weighted by Crippen LogP contribution is 2.63. The number of allylic oxidation sites excluding steroid dienone is 1. The Morgan fingerprint density at radius 3 is 2.78 bits per heavy atom. The van der Waals surface area contributed by atoms with Crippen LogP contribution in [0.4, 0.5) is 15.4 Å². The van der Waals surface area contributed by atoms with Gasteiger partial charge in [0.25, 0.3) is 0 Å². The van der Waals surface area contributed by atoms with E-state index in [2.05, 4.69) is 26.8 Å². The maximum absolute atomic E-state index is 14.4. The highest BCUT2D eigenvalue weighted by molar-refractivity contribution is 8.55. The Balaban J connectivity index is 1.29. The second-order valence-electron chi connectivity index (χ2n) is 11.1. The maximum Gasteiger partial charge on any atom is 0.509 e. The molecule has 19 nitrogen and oxygen atoms in total. The first kappa shape index (κ1) is 37.9. The van der Waals surface area contributed by atoms with Crippen molar-refractivity contribution in [2.45, 2.75) is 51.7 Å².